The molecule has 6 rings (SSSR count). The molecule has 0 bridgehead atoms. The summed E-state index contributed by atoms with van der Waals surface area (Å²) in [5, 5.41) is 13.8. The topological polar surface area (TPSA) is 60.6 Å². The van der Waals surface area contributed by atoms with E-state index < -0.39 is 5.72 Å². The molecule has 1 atom stereocenters. The van der Waals surface area contributed by atoms with E-state index in [-0.39, 0.29) is 0 Å². The number of allylic oxidation sites excluding steroid dienone is 1. The molecule has 3 aromatic rings. The second-order valence-electron chi connectivity index (χ2n) is 6.76. The highest BCUT2D eigenvalue weighted by Gasteiger charge is 2.50. The summed E-state index contributed by atoms with van der Waals surface area (Å²) in [5.41, 5.74) is 1.86. The van der Waals surface area contributed by atoms with Crippen LogP contribution in [0.15, 0.2) is 87.8 Å². The van der Waals surface area contributed by atoms with Crippen LogP contribution < -0.4 is 0 Å². The molecular weight excluding hydrogens is 336 g/mol. The van der Waals surface area contributed by atoms with Gasteiger partial charge in [0, 0.05) is 17.3 Å². The predicted octanol–water partition coefficient (Wildman–Crippen LogP) is 3.83. The van der Waals surface area contributed by atoms with E-state index >= 15 is 0 Å². The first-order valence-electron chi connectivity index (χ1n) is 8.79. The Morgan fingerprint density at radius 3 is 2.63 bits per heavy atom. The van der Waals surface area contributed by atoms with Crippen LogP contribution >= 0.6 is 0 Å². The molecule has 0 spiro atoms. The van der Waals surface area contributed by atoms with Crippen LogP contribution in [0.3, 0.4) is 0 Å². The highest BCUT2D eigenvalue weighted by Crippen LogP contribution is 2.44. The number of hydrogen-bond donors (Lipinski definition) is 1. The average molecular weight is 350 g/mol. The quantitative estimate of drug-likeness (QED) is 0.725. The maximum atomic E-state index is 11.6. The van der Waals surface area contributed by atoms with Crippen LogP contribution in [-0.2, 0) is 5.72 Å². The third-order valence-electron chi connectivity index (χ3n) is 5.21. The summed E-state index contributed by atoms with van der Waals surface area (Å²) in [6, 6.07) is 21.8. The van der Waals surface area contributed by atoms with E-state index in [9.17, 15) is 5.11 Å². The molecule has 3 heterocycles. The Labute approximate surface area is 155 Å². The molecule has 0 aliphatic carbocycles. The third kappa shape index (κ3) is 1.89. The minimum atomic E-state index is -1.58. The van der Waals surface area contributed by atoms with Gasteiger partial charge in [0.1, 0.15) is 0 Å². The molecular formula is C22H14N4O. The monoisotopic (exact) mass is 350 g/mol. The lowest BCUT2D eigenvalue weighted by atomic mass is 9.96. The fourth-order valence-corrected chi connectivity index (χ4v) is 3.89. The first-order valence-corrected chi connectivity index (χ1v) is 8.79. The van der Waals surface area contributed by atoms with Gasteiger partial charge in [0.2, 0.25) is 11.7 Å². The summed E-state index contributed by atoms with van der Waals surface area (Å²) in [4.78, 5) is 15.5. The number of fused-ring (bicyclic) bond motifs is 3. The van der Waals surface area contributed by atoms with E-state index in [1.54, 1.807) is 6.21 Å². The van der Waals surface area contributed by atoms with Crippen molar-refractivity contribution in [3.8, 4) is 0 Å². The molecule has 5 heteroatoms. The minimum absolute atomic E-state index is 0.455. The predicted molar refractivity (Wildman–Crippen MR) is 107 cm³/mol. The van der Waals surface area contributed by atoms with Crippen LogP contribution in [-0.4, -0.2) is 28.0 Å². The van der Waals surface area contributed by atoms with Crippen molar-refractivity contribution in [3.05, 3.63) is 83.9 Å². The molecule has 3 aliphatic heterocycles. The maximum Gasteiger partial charge on any atom is 0.246 e. The van der Waals surface area contributed by atoms with Gasteiger partial charge in [0.25, 0.3) is 0 Å². The molecule has 0 aromatic heterocycles. The van der Waals surface area contributed by atoms with Crippen molar-refractivity contribution in [2.45, 2.75) is 5.72 Å². The molecule has 3 aromatic carbocycles. The van der Waals surface area contributed by atoms with Crippen molar-refractivity contribution < 1.29 is 5.11 Å². The number of para-hydroxylation sites is 1. The molecule has 1 N–H and O–H groups in total. The lowest BCUT2D eigenvalue weighted by molar-refractivity contribution is 0.122. The van der Waals surface area contributed by atoms with Gasteiger partial charge >= 0.3 is 0 Å². The van der Waals surface area contributed by atoms with Gasteiger partial charge < -0.3 is 5.11 Å². The molecule has 0 saturated carbocycles. The molecule has 0 saturated heterocycles. The largest absolute Gasteiger partial charge is 0.359 e. The second kappa shape index (κ2) is 4.99. The highest BCUT2D eigenvalue weighted by atomic mass is 16.3. The Morgan fingerprint density at radius 2 is 1.70 bits per heavy atom. The third-order valence-corrected chi connectivity index (χ3v) is 5.21. The first kappa shape index (κ1) is 14.6. The fraction of sp³-hybridized carbons (Fsp3) is 0.0455. The van der Waals surface area contributed by atoms with Gasteiger partial charge in [0.15, 0.2) is 5.84 Å². The maximum absolute atomic E-state index is 11.6. The van der Waals surface area contributed by atoms with Crippen LogP contribution in [0.1, 0.15) is 11.1 Å². The zero-order valence-electron chi connectivity index (χ0n) is 14.2. The number of benzene rings is 3. The van der Waals surface area contributed by atoms with Crippen molar-refractivity contribution in [2.75, 3.05) is 0 Å². The Balaban J connectivity index is 1.62. The highest BCUT2D eigenvalue weighted by molar-refractivity contribution is 6.22. The smallest absolute Gasteiger partial charge is 0.246 e. The van der Waals surface area contributed by atoms with Gasteiger partial charge in [-0.25, -0.2) is 15.0 Å². The van der Waals surface area contributed by atoms with Crippen LogP contribution in [0.4, 0.5) is 5.69 Å². The molecule has 128 valence electrons. The standard InChI is InChI=1S/C22H14N4O/c27-22(16-10-9-14-5-1-2-6-15(14)13-16)20-24-18-8-4-3-7-17(18)19-11-12-23-21(25-22)26(19)20/h1-13,27H. The molecule has 0 fully saturated rings. The zero-order chi connectivity index (χ0) is 18.0. The van der Waals surface area contributed by atoms with Crippen LogP contribution in [0, 0.1) is 0 Å². The van der Waals surface area contributed by atoms with Crippen molar-refractivity contribution >= 4 is 40.2 Å². The molecule has 27 heavy (non-hydrogen) atoms. The summed E-state index contributed by atoms with van der Waals surface area (Å²) in [7, 11) is 0. The van der Waals surface area contributed by atoms with Crippen molar-refractivity contribution in [1.29, 1.82) is 0 Å². The Hall–Kier alpha value is -3.57. The minimum Gasteiger partial charge on any atom is -0.359 e. The van der Waals surface area contributed by atoms with Gasteiger partial charge in [-0.15, -0.1) is 0 Å². The SMILES string of the molecule is OC1(c2ccc3ccccc3c2)N=C2N=CC=C3c4ccccc4N=C1N32. The van der Waals surface area contributed by atoms with E-state index in [0.717, 1.165) is 27.7 Å². The number of guanidine groups is 1. The second-order valence-corrected chi connectivity index (χ2v) is 6.76. The Bertz CT molecular complexity index is 1250. The van der Waals surface area contributed by atoms with Gasteiger partial charge in [-0.05, 0) is 29.0 Å². The summed E-state index contributed by atoms with van der Waals surface area (Å²) in [6.45, 7) is 0. The summed E-state index contributed by atoms with van der Waals surface area (Å²) in [6.07, 6.45) is 3.65. The number of nitrogens with zero attached hydrogens (tertiary/aromatic N) is 4. The van der Waals surface area contributed by atoms with E-state index in [1.807, 2.05) is 77.7 Å². The Morgan fingerprint density at radius 1 is 0.889 bits per heavy atom. The number of aliphatic hydroxyl groups is 1. The summed E-state index contributed by atoms with van der Waals surface area (Å²) in [5.74, 6) is 0.922. The van der Waals surface area contributed by atoms with Crippen molar-refractivity contribution in [3.63, 3.8) is 0 Å². The van der Waals surface area contributed by atoms with Gasteiger partial charge in [0.05, 0.1) is 11.4 Å². The fourth-order valence-electron chi connectivity index (χ4n) is 3.89. The van der Waals surface area contributed by atoms with E-state index in [1.165, 1.54) is 0 Å². The molecule has 5 nitrogen and oxygen atoms in total. The van der Waals surface area contributed by atoms with E-state index in [4.69, 9.17) is 4.99 Å². The number of hydrogen-bond acceptors (Lipinski definition) is 5. The lowest BCUT2D eigenvalue weighted by Gasteiger charge is -2.32. The average Bonchev–Trinajstić information content (AvgIpc) is 3.02. The molecule has 0 radical (unpaired) electrons. The van der Waals surface area contributed by atoms with Crippen LogP contribution in [0.2, 0.25) is 0 Å². The first-order chi connectivity index (χ1) is 13.2. The molecule has 0 amide bonds. The number of amidine groups is 1. The Kier molecular flexibility index (Phi) is 2.70. The number of aliphatic imine (C=N–C) groups is 3. The van der Waals surface area contributed by atoms with Gasteiger partial charge in [-0.1, -0.05) is 54.6 Å². The number of rotatable bonds is 1. The van der Waals surface area contributed by atoms with Crippen molar-refractivity contribution in [2.24, 2.45) is 15.0 Å². The van der Waals surface area contributed by atoms with Crippen LogP contribution in [0.5, 0.6) is 0 Å². The van der Waals surface area contributed by atoms with Crippen molar-refractivity contribution in [1.82, 2.24) is 4.90 Å². The van der Waals surface area contributed by atoms with Gasteiger partial charge in [-0.3, -0.25) is 4.90 Å². The lowest BCUT2D eigenvalue weighted by Crippen LogP contribution is -2.42. The normalized spacial score (nSPS) is 22.1. The molecule has 1 unspecified atom stereocenters. The summed E-state index contributed by atoms with van der Waals surface area (Å²) < 4.78 is 0. The van der Waals surface area contributed by atoms with E-state index in [0.29, 0.717) is 17.4 Å². The zero-order valence-corrected chi connectivity index (χ0v) is 14.2. The van der Waals surface area contributed by atoms with Crippen LogP contribution in [0.25, 0.3) is 16.5 Å². The van der Waals surface area contributed by atoms with Gasteiger partial charge in [-0.2, -0.15) is 0 Å². The summed E-state index contributed by atoms with van der Waals surface area (Å²) >= 11 is 0. The van der Waals surface area contributed by atoms with E-state index in [2.05, 4.69) is 9.98 Å². The molecule has 3 aliphatic rings.